The molecule has 5 heterocycles. The number of fused-ring (bicyclic) bond motifs is 2. The number of anilines is 1. The summed E-state index contributed by atoms with van der Waals surface area (Å²) in [6.45, 7) is 2.97. The van der Waals surface area contributed by atoms with E-state index in [1.165, 1.54) is 24.1 Å². The third-order valence-electron chi connectivity index (χ3n) is 5.87. The molecule has 0 spiro atoms. The van der Waals surface area contributed by atoms with E-state index in [1.54, 1.807) is 6.33 Å². The van der Waals surface area contributed by atoms with Gasteiger partial charge in [0, 0.05) is 37.0 Å². The molecule has 1 N–H and O–H groups in total. The summed E-state index contributed by atoms with van der Waals surface area (Å²) in [7, 11) is 0. The Bertz CT molecular complexity index is 1170. The average Bonchev–Trinajstić information content (AvgIpc) is 3.30. The van der Waals surface area contributed by atoms with E-state index in [4.69, 9.17) is 10.1 Å². The Hall–Kier alpha value is -3.22. The first kappa shape index (κ1) is 15.8. The maximum atomic E-state index is 4.95. The third-order valence-corrected chi connectivity index (χ3v) is 5.87. The van der Waals surface area contributed by atoms with Gasteiger partial charge < -0.3 is 9.88 Å². The van der Waals surface area contributed by atoms with E-state index in [0.717, 1.165) is 41.4 Å². The Balaban J connectivity index is 1.50. The van der Waals surface area contributed by atoms with E-state index in [9.17, 15) is 0 Å². The van der Waals surface area contributed by atoms with E-state index in [0.29, 0.717) is 5.92 Å². The van der Waals surface area contributed by atoms with Crippen molar-refractivity contribution in [2.24, 2.45) is 0 Å². The second-order valence-electron chi connectivity index (χ2n) is 7.78. The van der Waals surface area contributed by atoms with Crippen LogP contribution in [0.4, 0.5) is 5.82 Å². The molecular weight excluding hydrogens is 350 g/mol. The molecule has 1 atom stereocenters. The van der Waals surface area contributed by atoms with E-state index in [2.05, 4.69) is 38.9 Å². The summed E-state index contributed by atoms with van der Waals surface area (Å²) in [6.07, 6.45) is 10.9. The molecule has 28 heavy (non-hydrogen) atoms. The molecule has 1 saturated carbocycles. The van der Waals surface area contributed by atoms with Crippen LogP contribution in [0.5, 0.6) is 0 Å². The lowest BCUT2D eigenvalue weighted by Crippen LogP contribution is -2.37. The number of nitrogens with one attached hydrogen (secondary N) is 1. The minimum Gasteiger partial charge on any atom is -0.348 e. The molecule has 0 amide bonds. The van der Waals surface area contributed by atoms with Crippen molar-refractivity contribution in [2.45, 2.75) is 38.1 Å². The lowest BCUT2D eigenvalue weighted by Gasteiger charge is -2.34. The second kappa shape index (κ2) is 5.89. The molecule has 0 radical (unpaired) electrons. The van der Waals surface area contributed by atoms with Gasteiger partial charge in [0.1, 0.15) is 11.9 Å². The lowest BCUT2D eigenvalue weighted by molar-refractivity contribution is 0.608. The maximum Gasteiger partial charge on any atom is 0.148 e. The molecule has 4 aromatic rings. The Morgan fingerprint density at radius 1 is 1.18 bits per heavy atom. The summed E-state index contributed by atoms with van der Waals surface area (Å²) in [4.78, 5) is 19.7. The Kier molecular flexibility index (Phi) is 3.32. The van der Waals surface area contributed by atoms with Crippen molar-refractivity contribution in [1.82, 2.24) is 29.5 Å². The molecule has 1 fully saturated rings. The smallest absolute Gasteiger partial charge is 0.148 e. The SMILES string of the molecule is Cc1cccn2nc(C3c4nc[nH]c4CCN3c3cncc(C4CC4)n3)cc12. The fraction of sp³-hybridized carbons (Fsp3) is 0.333. The van der Waals surface area contributed by atoms with Gasteiger partial charge in [0.05, 0.1) is 35.1 Å². The van der Waals surface area contributed by atoms with Gasteiger partial charge in [0.15, 0.2) is 0 Å². The molecule has 140 valence electrons. The predicted molar refractivity (Wildman–Crippen MR) is 105 cm³/mol. The zero-order valence-electron chi connectivity index (χ0n) is 15.7. The standard InChI is InChI=1S/C21H21N7/c1-13-3-2-7-28-18(13)9-16(26-28)21-20-15(23-12-24-20)6-8-27(21)19-11-22-10-17(25-19)14-4-5-14/h2-3,7,9-12,14,21H,4-6,8H2,1H3,(H,23,24). The first-order chi connectivity index (χ1) is 13.8. The molecule has 2 aliphatic rings. The van der Waals surface area contributed by atoms with Crippen molar-refractivity contribution >= 4 is 11.3 Å². The summed E-state index contributed by atoms with van der Waals surface area (Å²) in [5, 5.41) is 4.89. The molecule has 1 unspecified atom stereocenters. The van der Waals surface area contributed by atoms with Gasteiger partial charge in [-0.25, -0.2) is 14.5 Å². The summed E-state index contributed by atoms with van der Waals surface area (Å²) in [5.41, 5.74) is 6.64. The Morgan fingerprint density at radius 3 is 2.96 bits per heavy atom. The van der Waals surface area contributed by atoms with Crippen LogP contribution in [0.3, 0.4) is 0 Å². The second-order valence-corrected chi connectivity index (χ2v) is 7.78. The Labute approximate surface area is 162 Å². The van der Waals surface area contributed by atoms with Crippen molar-refractivity contribution in [2.75, 3.05) is 11.4 Å². The van der Waals surface area contributed by atoms with Gasteiger partial charge in [-0.3, -0.25) is 4.98 Å². The number of aromatic nitrogens is 6. The van der Waals surface area contributed by atoms with Gasteiger partial charge in [-0.1, -0.05) is 6.07 Å². The molecule has 1 aliphatic heterocycles. The fourth-order valence-corrected chi connectivity index (χ4v) is 4.22. The van der Waals surface area contributed by atoms with Crippen LogP contribution in [0.25, 0.3) is 5.52 Å². The number of rotatable bonds is 3. The van der Waals surface area contributed by atoms with Gasteiger partial charge in [-0.05, 0) is 37.5 Å². The van der Waals surface area contributed by atoms with E-state index in [1.807, 2.05) is 29.2 Å². The van der Waals surface area contributed by atoms with Crippen LogP contribution in [-0.4, -0.2) is 36.1 Å². The van der Waals surface area contributed by atoms with Crippen LogP contribution in [-0.2, 0) is 6.42 Å². The van der Waals surface area contributed by atoms with Crippen LogP contribution in [0.2, 0.25) is 0 Å². The van der Waals surface area contributed by atoms with Crippen molar-refractivity contribution in [1.29, 1.82) is 0 Å². The normalized spacial score (nSPS) is 19.2. The van der Waals surface area contributed by atoms with E-state index >= 15 is 0 Å². The lowest BCUT2D eigenvalue weighted by atomic mass is 9.99. The molecule has 6 rings (SSSR count). The van der Waals surface area contributed by atoms with Crippen molar-refractivity contribution in [3.05, 3.63) is 71.5 Å². The highest BCUT2D eigenvalue weighted by Gasteiger charge is 2.35. The average molecular weight is 371 g/mol. The minimum absolute atomic E-state index is 0.0712. The van der Waals surface area contributed by atoms with Gasteiger partial charge in [-0.15, -0.1) is 0 Å². The molecule has 7 heteroatoms. The number of hydrogen-bond acceptors (Lipinski definition) is 5. The fourth-order valence-electron chi connectivity index (χ4n) is 4.22. The van der Waals surface area contributed by atoms with Gasteiger partial charge in [0.2, 0.25) is 0 Å². The van der Waals surface area contributed by atoms with Crippen LogP contribution in [0, 0.1) is 6.92 Å². The first-order valence-electron chi connectivity index (χ1n) is 9.83. The molecule has 4 aromatic heterocycles. The molecule has 0 bridgehead atoms. The maximum absolute atomic E-state index is 4.95. The number of hydrogen-bond donors (Lipinski definition) is 1. The predicted octanol–water partition coefficient (Wildman–Crippen LogP) is 3.19. The van der Waals surface area contributed by atoms with E-state index < -0.39 is 0 Å². The molecule has 7 nitrogen and oxygen atoms in total. The largest absolute Gasteiger partial charge is 0.348 e. The van der Waals surface area contributed by atoms with Crippen LogP contribution in [0.15, 0.2) is 43.1 Å². The van der Waals surface area contributed by atoms with Crippen LogP contribution in [0.1, 0.15) is 53.1 Å². The zero-order chi connectivity index (χ0) is 18.7. The number of pyridine rings is 1. The van der Waals surface area contributed by atoms with Gasteiger partial charge in [-0.2, -0.15) is 5.10 Å². The Morgan fingerprint density at radius 2 is 2.11 bits per heavy atom. The molecule has 1 aliphatic carbocycles. The summed E-state index contributed by atoms with van der Waals surface area (Å²) in [5.74, 6) is 1.49. The van der Waals surface area contributed by atoms with Gasteiger partial charge >= 0.3 is 0 Å². The number of aryl methyl sites for hydroxylation is 1. The number of imidazole rings is 1. The highest BCUT2D eigenvalue weighted by molar-refractivity contribution is 5.57. The number of nitrogens with zero attached hydrogens (tertiary/aromatic N) is 6. The van der Waals surface area contributed by atoms with E-state index in [-0.39, 0.29) is 6.04 Å². The quantitative estimate of drug-likeness (QED) is 0.599. The monoisotopic (exact) mass is 371 g/mol. The topological polar surface area (TPSA) is 75.0 Å². The number of H-pyrrole nitrogens is 1. The zero-order valence-corrected chi connectivity index (χ0v) is 15.7. The number of aromatic amines is 1. The third kappa shape index (κ3) is 2.42. The highest BCUT2D eigenvalue weighted by Crippen LogP contribution is 2.40. The van der Waals surface area contributed by atoms with Crippen molar-refractivity contribution in [3.63, 3.8) is 0 Å². The summed E-state index contributed by atoms with van der Waals surface area (Å²) in [6, 6.07) is 6.25. The minimum atomic E-state index is -0.0712. The van der Waals surface area contributed by atoms with Crippen LogP contribution >= 0.6 is 0 Å². The highest BCUT2D eigenvalue weighted by atomic mass is 15.3. The van der Waals surface area contributed by atoms with Crippen molar-refractivity contribution < 1.29 is 0 Å². The molecule has 0 saturated heterocycles. The molecule has 0 aromatic carbocycles. The van der Waals surface area contributed by atoms with Crippen LogP contribution < -0.4 is 4.90 Å². The summed E-state index contributed by atoms with van der Waals surface area (Å²) < 4.78 is 1.95. The summed E-state index contributed by atoms with van der Waals surface area (Å²) >= 11 is 0. The molecular formula is C21H21N7. The first-order valence-corrected chi connectivity index (χ1v) is 9.83. The van der Waals surface area contributed by atoms with Gasteiger partial charge in [0.25, 0.3) is 0 Å². The van der Waals surface area contributed by atoms with Crippen molar-refractivity contribution in [3.8, 4) is 0 Å².